The van der Waals surface area contributed by atoms with E-state index in [4.69, 9.17) is 11.5 Å². The van der Waals surface area contributed by atoms with E-state index in [9.17, 15) is 14.4 Å². The van der Waals surface area contributed by atoms with Gasteiger partial charge in [0.25, 0.3) is 0 Å². The Morgan fingerprint density at radius 1 is 1.25 bits per heavy atom. The van der Waals surface area contributed by atoms with Crippen molar-refractivity contribution in [2.75, 3.05) is 13.1 Å². The summed E-state index contributed by atoms with van der Waals surface area (Å²) in [6.07, 6.45) is 1.25. The number of rotatable bonds is 5. The first-order chi connectivity index (χ1) is 9.31. The van der Waals surface area contributed by atoms with E-state index in [-0.39, 0.29) is 30.2 Å². The lowest BCUT2D eigenvalue weighted by Gasteiger charge is -2.33. The number of carbonyl (C=O) groups excluding carboxylic acids is 3. The summed E-state index contributed by atoms with van der Waals surface area (Å²) in [6.45, 7) is 5.01. The summed E-state index contributed by atoms with van der Waals surface area (Å²) in [7, 11) is 0. The maximum Gasteiger partial charge on any atom is 0.237 e. The summed E-state index contributed by atoms with van der Waals surface area (Å²) in [5.74, 6) is -0.826. The van der Waals surface area contributed by atoms with Gasteiger partial charge in [0.2, 0.25) is 17.7 Å². The van der Waals surface area contributed by atoms with Crippen LogP contribution >= 0.6 is 0 Å². The molecule has 1 rings (SSSR count). The van der Waals surface area contributed by atoms with Crippen molar-refractivity contribution in [2.45, 2.75) is 45.2 Å². The van der Waals surface area contributed by atoms with Crippen LogP contribution in [0.15, 0.2) is 0 Å². The second-order valence-corrected chi connectivity index (χ2v) is 5.54. The largest absolute Gasteiger partial charge is 0.370 e. The van der Waals surface area contributed by atoms with Crippen LogP contribution in [-0.4, -0.2) is 47.8 Å². The monoisotopic (exact) mass is 284 g/mol. The number of likely N-dealkylation sites (tertiary alicyclic amines) is 1. The quantitative estimate of drug-likeness (QED) is 0.597. The van der Waals surface area contributed by atoms with Crippen molar-refractivity contribution in [3.8, 4) is 0 Å². The summed E-state index contributed by atoms with van der Waals surface area (Å²) in [4.78, 5) is 36.1. The topological polar surface area (TPSA) is 119 Å². The minimum Gasteiger partial charge on any atom is -0.370 e. The molecule has 0 aromatic heterocycles. The van der Waals surface area contributed by atoms with Crippen LogP contribution in [-0.2, 0) is 14.4 Å². The SMILES string of the molecule is CC(C)C(=O)N1CCC(NC(=O)C(N)CC(N)=O)CC1. The first-order valence-corrected chi connectivity index (χ1v) is 6.94. The fraction of sp³-hybridized carbons (Fsp3) is 0.769. The van der Waals surface area contributed by atoms with E-state index < -0.39 is 11.9 Å². The molecule has 20 heavy (non-hydrogen) atoms. The van der Waals surface area contributed by atoms with Crippen LogP contribution in [0, 0.1) is 5.92 Å². The van der Waals surface area contributed by atoms with Crippen molar-refractivity contribution in [3.05, 3.63) is 0 Å². The Kier molecular flexibility index (Phi) is 5.94. The van der Waals surface area contributed by atoms with Gasteiger partial charge in [0.15, 0.2) is 0 Å². The lowest BCUT2D eigenvalue weighted by atomic mass is 10.0. The maximum atomic E-state index is 11.8. The second kappa shape index (κ2) is 7.23. The van der Waals surface area contributed by atoms with Gasteiger partial charge in [-0.05, 0) is 12.8 Å². The molecular formula is C13H24N4O3. The molecule has 1 aliphatic rings. The molecule has 5 N–H and O–H groups in total. The van der Waals surface area contributed by atoms with Crippen molar-refractivity contribution in [1.29, 1.82) is 0 Å². The molecular weight excluding hydrogens is 260 g/mol. The van der Waals surface area contributed by atoms with Gasteiger partial charge < -0.3 is 21.7 Å². The first-order valence-electron chi connectivity index (χ1n) is 6.94. The highest BCUT2D eigenvalue weighted by Gasteiger charge is 2.26. The number of nitrogens with two attached hydrogens (primary N) is 2. The lowest BCUT2D eigenvalue weighted by molar-refractivity contribution is -0.135. The number of hydrogen-bond donors (Lipinski definition) is 3. The van der Waals surface area contributed by atoms with E-state index in [0.29, 0.717) is 25.9 Å². The number of hydrogen-bond acceptors (Lipinski definition) is 4. The molecule has 0 saturated carbocycles. The predicted octanol–water partition coefficient (Wildman–Crippen LogP) is -1.05. The Morgan fingerprint density at radius 2 is 1.80 bits per heavy atom. The molecule has 1 saturated heterocycles. The van der Waals surface area contributed by atoms with Crippen LogP contribution in [0.2, 0.25) is 0 Å². The molecule has 0 radical (unpaired) electrons. The van der Waals surface area contributed by atoms with Gasteiger partial charge in [-0.1, -0.05) is 13.8 Å². The molecule has 1 unspecified atom stereocenters. The Labute approximate surface area is 119 Å². The Hall–Kier alpha value is -1.63. The predicted molar refractivity (Wildman–Crippen MR) is 74.4 cm³/mol. The molecule has 1 heterocycles. The minimum absolute atomic E-state index is 0.00219. The smallest absolute Gasteiger partial charge is 0.237 e. The molecule has 1 atom stereocenters. The molecule has 0 bridgehead atoms. The van der Waals surface area contributed by atoms with Crippen LogP contribution in [0.25, 0.3) is 0 Å². The van der Waals surface area contributed by atoms with Gasteiger partial charge in [-0.15, -0.1) is 0 Å². The first kappa shape index (κ1) is 16.4. The molecule has 114 valence electrons. The molecule has 7 nitrogen and oxygen atoms in total. The Balaban J connectivity index is 2.37. The highest BCUT2D eigenvalue weighted by Crippen LogP contribution is 2.13. The normalized spacial score (nSPS) is 17.9. The third-order valence-corrected chi connectivity index (χ3v) is 3.40. The average molecular weight is 284 g/mol. The van der Waals surface area contributed by atoms with Gasteiger partial charge in [-0.25, -0.2) is 0 Å². The summed E-state index contributed by atoms with van der Waals surface area (Å²) in [5.41, 5.74) is 10.6. The van der Waals surface area contributed by atoms with Gasteiger partial charge >= 0.3 is 0 Å². The number of nitrogens with one attached hydrogen (secondary N) is 1. The van der Waals surface area contributed by atoms with Gasteiger partial charge in [-0.2, -0.15) is 0 Å². The summed E-state index contributed by atoms with van der Waals surface area (Å²) in [5, 5.41) is 2.80. The highest BCUT2D eigenvalue weighted by atomic mass is 16.2. The zero-order valence-electron chi connectivity index (χ0n) is 12.1. The number of nitrogens with zero attached hydrogens (tertiary/aromatic N) is 1. The fourth-order valence-corrected chi connectivity index (χ4v) is 2.23. The zero-order valence-corrected chi connectivity index (χ0v) is 12.1. The van der Waals surface area contributed by atoms with Crippen LogP contribution < -0.4 is 16.8 Å². The number of carbonyl (C=O) groups is 3. The third kappa shape index (κ3) is 4.80. The zero-order chi connectivity index (χ0) is 15.3. The summed E-state index contributed by atoms with van der Waals surface area (Å²) < 4.78 is 0. The van der Waals surface area contributed by atoms with Gasteiger partial charge in [-0.3, -0.25) is 14.4 Å². The van der Waals surface area contributed by atoms with Crippen molar-refractivity contribution in [2.24, 2.45) is 17.4 Å². The van der Waals surface area contributed by atoms with E-state index in [1.807, 2.05) is 18.7 Å². The second-order valence-electron chi connectivity index (χ2n) is 5.54. The average Bonchev–Trinajstić information content (AvgIpc) is 2.37. The van der Waals surface area contributed by atoms with Crippen LogP contribution in [0.5, 0.6) is 0 Å². The Bertz CT molecular complexity index is 376. The number of primary amides is 1. The fourth-order valence-electron chi connectivity index (χ4n) is 2.23. The molecule has 3 amide bonds. The summed E-state index contributed by atoms with van der Waals surface area (Å²) >= 11 is 0. The maximum absolute atomic E-state index is 11.8. The molecule has 0 aliphatic carbocycles. The minimum atomic E-state index is -0.900. The molecule has 7 heteroatoms. The molecule has 1 aliphatic heterocycles. The summed E-state index contributed by atoms with van der Waals surface area (Å²) in [6, 6.07) is -0.902. The Morgan fingerprint density at radius 3 is 2.25 bits per heavy atom. The van der Waals surface area contributed by atoms with E-state index in [1.165, 1.54) is 0 Å². The molecule has 0 aromatic carbocycles. The van der Waals surface area contributed by atoms with Crippen LogP contribution in [0.3, 0.4) is 0 Å². The van der Waals surface area contributed by atoms with Crippen molar-refractivity contribution >= 4 is 17.7 Å². The molecule has 1 fully saturated rings. The standard InChI is InChI=1S/C13H24N4O3/c1-8(2)13(20)17-5-3-9(4-6-17)16-12(19)10(14)7-11(15)18/h8-10H,3-7,14H2,1-2H3,(H2,15,18)(H,16,19). The van der Waals surface area contributed by atoms with Crippen LogP contribution in [0.4, 0.5) is 0 Å². The van der Waals surface area contributed by atoms with Crippen LogP contribution in [0.1, 0.15) is 33.1 Å². The van der Waals surface area contributed by atoms with Crippen molar-refractivity contribution in [3.63, 3.8) is 0 Å². The van der Waals surface area contributed by atoms with Gasteiger partial charge in [0.05, 0.1) is 12.5 Å². The number of amides is 3. The third-order valence-electron chi connectivity index (χ3n) is 3.40. The van der Waals surface area contributed by atoms with Crippen molar-refractivity contribution < 1.29 is 14.4 Å². The van der Waals surface area contributed by atoms with Gasteiger partial charge in [0, 0.05) is 25.0 Å². The van der Waals surface area contributed by atoms with Gasteiger partial charge in [0.1, 0.15) is 0 Å². The van der Waals surface area contributed by atoms with E-state index >= 15 is 0 Å². The van der Waals surface area contributed by atoms with Crippen molar-refractivity contribution in [1.82, 2.24) is 10.2 Å². The highest BCUT2D eigenvalue weighted by molar-refractivity contribution is 5.87. The van der Waals surface area contributed by atoms with E-state index in [1.54, 1.807) is 0 Å². The van der Waals surface area contributed by atoms with E-state index in [2.05, 4.69) is 5.32 Å². The molecule has 0 spiro atoms. The van der Waals surface area contributed by atoms with E-state index in [0.717, 1.165) is 0 Å². The molecule has 0 aromatic rings. The number of piperidine rings is 1. The lowest BCUT2D eigenvalue weighted by Crippen LogP contribution is -2.51.